The van der Waals surface area contributed by atoms with Crippen LogP contribution in [-0.2, 0) is 11.4 Å². The Morgan fingerprint density at radius 1 is 1.03 bits per heavy atom. The fourth-order valence-corrected chi connectivity index (χ4v) is 6.28. The maximum atomic E-state index is 12.6. The lowest BCUT2D eigenvalue weighted by molar-refractivity contribution is -0.115. The third-order valence-electron chi connectivity index (χ3n) is 5.68. The van der Waals surface area contributed by atoms with Gasteiger partial charge in [-0.2, -0.15) is 0 Å². The summed E-state index contributed by atoms with van der Waals surface area (Å²) in [5.74, 6) is 0.509. The number of aliphatic imine (C=N–C) groups is 1. The summed E-state index contributed by atoms with van der Waals surface area (Å²) in [6.07, 6.45) is 1.83. The third-order valence-corrected chi connectivity index (χ3v) is 8.18. The summed E-state index contributed by atoms with van der Waals surface area (Å²) in [4.78, 5) is 17.7. The van der Waals surface area contributed by atoms with Gasteiger partial charge in [0.1, 0.15) is 12.4 Å². The average molecular weight is 643 g/mol. The van der Waals surface area contributed by atoms with Crippen molar-refractivity contribution < 1.29 is 9.53 Å². The van der Waals surface area contributed by atoms with E-state index in [0.717, 1.165) is 31.3 Å². The number of nitrogens with one attached hydrogen (secondary N) is 1. The number of rotatable bonds is 5. The molecule has 1 aliphatic rings. The van der Waals surface area contributed by atoms with Gasteiger partial charge < -0.3 is 10.1 Å². The van der Waals surface area contributed by atoms with Crippen LogP contribution in [0.25, 0.3) is 16.8 Å². The van der Waals surface area contributed by atoms with E-state index in [0.29, 0.717) is 27.5 Å². The van der Waals surface area contributed by atoms with Gasteiger partial charge in [-0.15, -0.1) is 0 Å². The number of halogens is 3. The predicted octanol–water partition coefficient (Wildman–Crippen LogP) is 8.80. The monoisotopic (exact) mass is 640 g/mol. The van der Waals surface area contributed by atoms with Crippen LogP contribution in [-0.4, -0.2) is 11.1 Å². The number of hydrogen-bond acceptors (Lipinski definition) is 4. The summed E-state index contributed by atoms with van der Waals surface area (Å²) in [5.41, 5.74) is 3.55. The smallest absolute Gasteiger partial charge is 0.264 e. The predicted molar refractivity (Wildman–Crippen MR) is 157 cm³/mol. The van der Waals surface area contributed by atoms with E-state index in [1.165, 1.54) is 22.5 Å². The molecule has 1 aliphatic heterocycles. The van der Waals surface area contributed by atoms with Crippen molar-refractivity contribution in [3.8, 4) is 5.75 Å². The zero-order valence-corrected chi connectivity index (χ0v) is 23.8. The molecular weight excluding hydrogens is 624 g/mol. The average Bonchev–Trinajstić information content (AvgIpc) is 3.20. The van der Waals surface area contributed by atoms with E-state index in [2.05, 4.69) is 66.4 Å². The maximum Gasteiger partial charge on any atom is 0.264 e. The van der Waals surface area contributed by atoms with Crippen molar-refractivity contribution in [2.45, 2.75) is 13.5 Å². The van der Waals surface area contributed by atoms with Crippen molar-refractivity contribution in [2.75, 3.05) is 0 Å². The number of amides is 1. The standard InChI is InChI=1S/C28H19Br2ClN2O2S/c1-16-23(31)10-5-11-24(16)32-28-33-27(34)25(36-28)14-17-12-21(29)26(22(30)13-17)35-15-19-8-4-7-18-6-2-3-9-20(18)19/h2-14H,15H2,1H3,(H,32,33,34)/b25-14+. The topological polar surface area (TPSA) is 50.7 Å². The molecule has 0 saturated carbocycles. The lowest BCUT2D eigenvalue weighted by atomic mass is 10.1. The Balaban J connectivity index is 1.35. The molecule has 0 bridgehead atoms. The number of nitrogens with zero attached hydrogens (tertiary/aromatic N) is 1. The molecule has 180 valence electrons. The van der Waals surface area contributed by atoms with E-state index < -0.39 is 0 Å². The first-order valence-electron chi connectivity index (χ1n) is 11.0. The number of amidine groups is 1. The van der Waals surface area contributed by atoms with E-state index in [4.69, 9.17) is 16.3 Å². The van der Waals surface area contributed by atoms with Gasteiger partial charge in [0, 0.05) is 5.02 Å². The van der Waals surface area contributed by atoms with Crippen molar-refractivity contribution in [1.82, 2.24) is 5.32 Å². The molecule has 4 aromatic carbocycles. The van der Waals surface area contributed by atoms with Gasteiger partial charge in [0.05, 0.1) is 19.5 Å². The van der Waals surface area contributed by atoms with Crippen LogP contribution < -0.4 is 10.1 Å². The van der Waals surface area contributed by atoms with Gasteiger partial charge in [0.2, 0.25) is 0 Å². The van der Waals surface area contributed by atoms with Gasteiger partial charge in [0.25, 0.3) is 5.91 Å². The van der Waals surface area contributed by atoms with E-state index in [-0.39, 0.29) is 5.91 Å². The minimum Gasteiger partial charge on any atom is -0.487 e. The highest BCUT2D eigenvalue weighted by Crippen LogP contribution is 2.38. The van der Waals surface area contributed by atoms with Crippen LogP contribution in [0.15, 0.2) is 91.6 Å². The highest BCUT2D eigenvalue weighted by molar-refractivity contribution is 9.11. The second-order valence-electron chi connectivity index (χ2n) is 8.11. The minimum atomic E-state index is -0.193. The van der Waals surface area contributed by atoms with Crippen molar-refractivity contribution in [3.05, 3.63) is 108 Å². The first-order valence-corrected chi connectivity index (χ1v) is 13.8. The van der Waals surface area contributed by atoms with Gasteiger partial charge in [0.15, 0.2) is 5.17 Å². The largest absolute Gasteiger partial charge is 0.487 e. The fraction of sp³-hybridized carbons (Fsp3) is 0.0714. The summed E-state index contributed by atoms with van der Waals surface area (Å²) in [5, 5.41) is 6.33. The summed E-state index contributed by atoms with van der Waals surface area (Å²) in [6.45, 7) is 2.33. The van der Waals surface area contributed by atoms with Crippen LogP contribution in [0.5, 0.6) is 5.75 Å². The van der Waals surface area contributed by atoms with Gasteiger partial charge in [-0.25, -0.2) is 4.99 Å². The van der Waals surface area contributed by atoms with Crippen molar-refractivity contribution >= 4 is 88.8 Å². The Labute approximate surface area is 235 Å². The Bertz CT molecular complexity index is 1540. The Morgan fingerprint density at radius 2 is 1.75 bits per heavy atom. The zero-order valence-electron chi connectivity index (χ0n) is 19.0. The minimum absolute atomic E-state index is 0.193. The molecule has 1 fully saturated rings. The van der Waals surface area contributed by atoms with Crippen LogP contribution in [0.3, 0.4) is 0 Å². The van der Waals surface area contributed by atoms with E-state index in [9.17, 15) is 4.79 Å². The molecule has 1 heterocycles. The molecule has 8 heteroatoms. The number of carbonyl (C=O) groups excluding carboxylic acids is 1. The molecule has 0 spiro atoms. The molecule has 4 nitrogen and oxygen atoms in total. The van der Waals surface area contributed by atoms with E-state index in [1.54, 1.807) is 0 Å². The quantitative estimate of drug-likeness (QED) is 0.222. The number of thioether (sulfide) groups is 1. The van der Waals surface area contributed by atoms with Gasteiger partial charge in [-0.3, -0.25) is 4.79 Å². The molecule has 0 radical (unpaired) electrons. The number of ether oxygens (including phenoxy) is 1. The normalized spacial score (nSPS) is 15.6. The van der Waals surface area contributed by atoms with Crippen LogP contribution in [0.4, 0.5) is 5.69 Å². The summed E-state index contributed by atoms with van der Waals surface area (Å²) in [7, 11) is 0. The molecule has 1 amide bonds. The Kier molecular flexibility index (Phi) is 7.53. The van der Waals surface area contributed by atoms with Gasteiger partial charge in [-0.05, 0) is 108 Å². The van der Waals surface area contributed by atoms with Crippen molar-refractivity contribution in [2.24, 2.45) is 4.99 Å². The lowest BCUT2D eigenvalue weighted by Crippen LogP contribution is -2.19. The summed E-state index contributed by atoms with van der Waals surface area (Å²) in [6, 6.07) is 23.8. The number of fused-ring (bicyclic) bond motifs is 1. The molecule has 1 N–H and O–H groups in total. The number of carbonyl (C=O) groups is 1. The van der Waals surface area contributed by atoms with Gasteiger partial charge >= 0.3 is 0 Å². The summed E-state index contributed by atoms with van der Waals surface area (Å²) >= 11 is 14.7. The molecule has 0 aliphatic carbocycles. The van der Waals surface area contributed by atoms with Crippen LogP contribution in [0.1, 0.15) is 16.7 Å². The molecule has 0 unspecified atom stereocenters. The van der Waals surface area contributed by atoms with E-state index in [1.807, 2.05) is 61.5 Å². The molecule has 5 rings (SSSR count). The number of hydrogen-bond donors (Lipinski definition) is 1. The number of benzene rings is 4. The second kappa shape index (κ2) is 10.8. The fourth-order valence-electron chi connectivity index (χ4n) is 3.83. The second-order valence-corrected chi connectivity index (χ2v) is 11.3. The summed E-state index contributed by atoms with van der Waals surface area (Å²) < 4.78 is 7.76. The van der Waals surface area contributed by atoms with Crippen molar-refractivity contribution in [1.29, 1.82) is 0 Å². The molecule has 0 atom stereocenters. The van der Waals surface area contributed by atoms with E-state index >= 15 is 0 Å². The van der Waals surface area contributed by atoms with Crippen LogP contribution in [0.2, 0.25) is 5.02 Å². The Hall–Kier alpha value is -2.58. The third kappa shape index (κ3) is 5.39. The SMILES string of the molecule is Cc1c(Cl)cccc1N=C1NC(=O)/C(=C\c2cc(Br)c(OCc3cccc4ccccc34)c(Br)c2)S1. The molecule has 4 aromatic rings. The van der Waals surface area contributed by atoms with Crippen LogP contribution in [0, 0.1) is 6.92 Å². The molecule has 36 heavy (non-hydrogen) atoms. The van der Waals surface area contributed by atoms with Gasteiger partial charge in [-0.1, -0.05) is 60.1 Å². The zero-order chi connectivity index (χ0) is 25.2. The van der Waals surface area contributed by atoms with Crippen molar-refractivity contribution in [3.63, 3.8) is 0 Å². The maximum absolute atomic E-state index is 12.6. The Morgan fingerprint density at radius 3 is 2.56 bits per heavy atom. The first kappa shape index (κ1) is 25.1. The molecule has 0 aromatic heterocycles. The molecular formula is C28H19Br2ClN2O2S. The highest BCUT2D eigenvalue weighted by Gasteiger charge is 2.24. The lowest BCUT2D eigenvalue weighted by Gasteiger charge is -2.13. The highest BCUT2D eigenvalue weighted by atomic mass is 79.9. The first-order chi connectivity index (χ1) is 17.4. The van der Waals surface area contributed by atoms with Crippen LogP contribution >= 0.6 is 55.2 Å². The molecule has 1 saturated heterocycles.